The van der Waals surface area contributed by atoms with Crippen LogP contribution >= 0.6 is 0 Å². The van der Waals surface area contributed by atoms with E-state index in [-0.39, 0.29) is 11.9 Å². The second-order valence-corrected chi connectivity index (χ2v) is 4.11. The lowest BCUT2D eigenvalue weighted by Gasteiger charge is -2.23. The molecule has 16 heavy (non-hydrogen) atoms. The molecule has 1 saturated heterocycles. The van der Waals surface area contributed by atoms with Gasteiger partial charge in [-0.05, 0) is 12.8 Å². The zero-order chi connectivity index (χ0) is 11.5. The molecule has 0 aromatic carbocycles. The average molecular weight is 223 g/mol. The number of amides is 1. The molecule has 0 N–H and O–H groups in total. The number of carbonyl (C=O) groups is 1. The first-order chi connectivity index (χ1) is 7.74. The Kier molecular flexibility index (Phi) is 3.24. The molecule has 0 spiro atoms. The molecule has 0 saturated carbocycles. The predicted octanol–water partition coefficient (Wildman–Crippen LogP) is 0.671. The summed E-state index contributed by atoms with van der Waals surface area (Å²) in [7, 11) is 3.50. The van der Waals surface area contributed by atoms with Crippen LogP contribution in [0.3, 0.4) is 0 Å². The van der Waals surface area contributed by atoms with Crippen molar-refractivity contribution in [3.8, 4) is 0 Å². The zero-order valence-electron chi connectivity index (χ0n) is 9.72. The van der Waals surface area contributed by atoms with Crippen LogP contribution in [0.2, 0.25) is 0 Å². The van der Waals surface area contributed by atoms with E-state index in [1.807, 2.05) is 11.9 Å². The van der Waals surface area contributed by atoms with Crippen LogP contribution in [-0.4, -0.2) is 46.7 Å². The highest BCUT2D eigenvalue weighted by atomic mass is 16.5. The van der Waals surface area contributed by atoms with Crippen molar-refractivity contribution >= 4 is 5.91 Å². The molecule has 0 unspecified atom stereocenters. The molecule has 2 rings (SSSR count). The molecule has 2 heterocycles. The highest BCUT2D eigenvalue weighted by Crippen LogP contribution is 2.19. The minimum absolute atomic E-state index is 0.00653. The van der Waals surface area contributed by atoms with E-state index in [9.17, 15) is 4.79 Å². The van der Waals surface area contributed by atoms with E-state index in [4.69, 9.17) is 4.74 Å². The molecular formula is C11H17N3O2. The smallest absolute Gasteiger partial charge is 0.290 e. The number of carbonyl (C=O) groups excluding carboxylic acids is 1. The third-order valence-electron chi connectivity index (χ3n) is 3.01. The average Bonchev–Trinajstić information content (AvgIpc) is 2.87. The van der Waals surface area contributed by atoms with Gasteiger partial charge in [0.2, 0.25) is 0 Å². The summed E-state index contributed by atoms with van der Waals surface area (Å²) in [4.78, 5) is 18.2. The minimum atomic E-state index is 0.00653. The van der Waals surface area contributed by atoms with Crippen LogP contribution in [-0.2, 0) is 11.8 Å². The van der Waals surface area contributed by atoms with E-state index >= 15 is 0 Å². The van der Waals surface area contributed by atoms with Crippen molar-refractivity contribution in [3.05, 3.63) is 18.2 Å². The van der Waals surface area contributed by atoms with Crippen LogP contribution in [0.5, 0.6) is 0 Å². The first kappa shape index (κ1) is 11.1. The molecule has 88 valence electrons. The Labute approximate surface area is 95.0 Å². The Bertz CT molecular complexity index is 375. The normalized spacial score (nSPS) is 20.4. The fourth-order valence-electron chi connectivity index (χ4n) is 2.17. The van der Waals surface area contributed by atoms with Gasteiger partial charge in [-0.1, -0.05) is 0 Å². The summed E-state index contributed by atoms with van der Waals surface area (Å²) in [6.45, 7) is 1.41. The van der Waals surface area contributed by atoms with Crippen molar-refractivity contribution in [2.45, 2.75) is 18.9 Å². The number of aryl methyl sites for hydroxylation is 1. The highest BCUT2D eigenvalue weighted by Gasteiger charge is 2.30. The van der Waals surface area contributed by atoms with Gasteiger partial charge < -0.3 is 14.2 Å². The molecule has 1 aliphatic heterocycles. The molecule has 5 heteroatoms. The van der Waals surface area contributed by atoms with E-state index in [0.717, 1.165) is 19.4 Å². The molecule has 0 radical (unpaired) electrons. The summed E-state index contributed by atoms with van der Waals surface area (Å²) < 4.78 is 6.89. The summed E-state index contributed by atoms with van der Waals surface area (Å²) >= 11 is 0. The van der Waals surface area contributed by atoms with Gasteiger partial charge in [0.05, 0.1) is 12.6 Å². The topological polar surface area (TPSA) is 47.4 Å². The standard InChI is InChI=1S/C11H17N3O2/c1-13-7-5-12-10(13)11(15)14-6-3-4-9(14)8-16-2/h5,7,9H,3-4,6,8H2,1-2H3/t9-/m0/s1. The summed E-state index contributed by atoms with van der Waals surface area (Å²) in [6.07, 6.45) is 5.50. The lowest BCUT2D eigenvalue weighted by Crippen LogP contribution is -2.39. The summed E-state index contributed by atoms with van der Waals surface area (Å²) in [6, 6.07) is 0.203. The lowest BCUT2D eigenvalue weighted by molar-refractivity contribution is 0.0615. The third-order valence-corrected chi connectivity index (χ3v) is 3.01. The first-order valence-electron chi connectivity index (χ1n) is 5.51. The lowest BCUT2D eigenvalue weighted by atomic mass is 10.2. The molecule has 1 aromatic heterocycles. The van der Waals surface area contributed by atoms with Crippen LogP contribution < -0.4 is 0 Å². The fraction of sp³-hybridized carbons (Fsp3) is 0.636. The third kappa shape index (κ3) is 1.95. The summed E-state index contributed by atoms with van der Waals surface area (Å²) in [5.41, 5.74) is 0. The fourth-order valence-corrected chi connectivity index (χ4v) is 2.17. The first-order valence-corrected chi connectivity index (χ1v) is 5.51. The molecule has 1 fully saturated rings. The number of hydrogen-bond acceptors (Lipinski definition) is 3. The predicted molar refractivity (Wildman–Crippen MR) is 59.1 cm³/mol. The van der Waals surface area contributed by atoms with Crippen LogP contribution in [0.4, 0.5) is 0 Å². The van der Waals surface area contributed by atoms with Gasteiger partial charge in [0.1, 0.15) is 0 Å². The molecule has 0 bridgehead atoms. The van der Waals surface area contributed by atoms with E-state index in [1.54, 1.807) is 24.1 Å². The molecule has 5 nitrogen and oxygen atoms in total. The van der Waals surface area contributed by atoms with Gasteiger partial charge in [0, 0.05) is 33.1 Å². The van der Waals surface area contributed by atoms with E-state index in [1.165, 1.54) is 0 Å². The van der Waals surface area contributed by atoms with Crippen molar-refractivity contribution in [2.75, 3.05) is 20.3 Å². The number of likely N-dealkylation sites (tertiary alicyclic amines) is 1. The Morgan fingerprint density at radius 1 is 1.69 bits per heavy atom. The Balaban J connectivity index is 2.12. The number of imidazole rings is 1. The second-order valence-electron chi connectivity index (χ2n) is 4.11. The number of aromatic nitrogens is 2. The molecule has 0 aliphatic carbocycles. The minimum Gasteiger partial charge on any atom is -0.383 e. The number of nitrogens with zero attached hydrogens (tertiary/aromatic N) is 3. The van der Waals surface area contributed by atoms with Crippen molar-refractivity contribution in [2.24, 2.45) is 7.05 Å². The number of methoxy groups -OCH3 is 1. The second kappa shape index (κ2) is 4.65. The van der Waals surface area contributed by atoms with Gasteiger partial charge in [-0.3, -0.25) is 4.79 Å². The van der Waals surface area contributed by atoms with Gasteiger partial charge in [0.25, 0.3) is 5.91 Å². The van der Waals surface area contributed by atoms with Crippen LogP contribution in [0.25, 0.3) is 0 Å². The van der Waals surface area contributed by atoms with Crippen LogP contribution in [0, 0.1) is 0 Å². The van der Waals surface area contributed by atoms with Gasteiger partial charge in [-0.2, -0.15) is 0 Å². The SMILES string of the molecule is COC[C@@H]1CCCN1C(=O)c1nccn1C. The highest BCUT2D eigenvalue weighted by molar-refractivity contribution is 5.91. The van der Waals surface area contributed by atoms with E-state index < -0.39 is 0 Å². The molecular weight excluding hydrogens is 206 g/mol. The Hall–Kier alpha value is -1.36. The maximum absolute atomic E-state index is 12.2. The Morgan fingerprint density at radius 3 is 3.12 bits per heavy atom. The van der Waals surface area contributed by atoms with Crippen molar-refractivity contribution in [3.63, 3.8) is 0 Å². The molecule has 1 aromatic rings. The zero-order valence-corrected chi connectivity index (χ0v) is 9.72. The molecule has 1 atom stereocenters. The maximum Gasteiger partial charge on any atom is 0.290 e. The van der Waals surface area contributed by atoms with Crippen molar-refractivity contribution in [1.29, 1.82) is 0 Å². The van der Waals surface area contributed by atoms with Gasteiger partial charge in [-0.15, -0.1) is 0 Å². The van der Waals surface area contributed by atoms with E-state index in [2.05, 4.69) is 4.98 Å². The number of rotatable bonds is 3. The molecule has 1 amide bonds. The van der Waals surface area contributed by atoms with Crippen LogP contribution in [0.1, 0.15) is 23.5 Å². The maximum atomic E-state index is 12.2. The van der Waals surface area contributed by atoms with Crippen LogP contribution in [0.15, 0.2) is 12.4 Å². The summed E-state index contributed by atoms with van der Waals surface area (Å²) in [5.74, 6) is 0.509. The van der Waals surface area contributed by atoms with Crippen molar-refractivity contribution in [1.82, 2.24) is 14.5 Å². The van der Waals surface area contributed by atoms with Gasteiger partial charge >= 0.3 is 0 Å². The van der Waals surface area contributed by atoms with Gasteiger partial charge in [0.15, 0.2) is 5.82 Å². The summed E-state index contributed by atoms with van der Waals surface area (Å²) in [5, 5.41) is 0. The number of hydrogen-bond donors (Lipinski definition) is 0. The monoisotopic (exact) mass is 223 g/mol. The van der Waals surface area contributed by atoms with E-state index in [0.29, 0.717) is 12.4 Å². The number of ether oxygens (including phenoxy) is 1. The largest absolute Gasteiger partial charge is 0.383 e. The van der Waals surface area contributed by atoms with Crippen molar-refractivity contribution < 1.29 is 9.53 Å². The van der Waals surface area contributed by atoms with Gasteiger partial charge in [-0.25, -0.2) is 4.98 Å². The molecule has 1 aliphatic rings. The quantitative estimate of drug-likeness (QED) is 0.756. The Morgan fingerprint density at radius 2 is 2.50 bits per heavy atom.